The van der Waals surface area contributed by atoms with Crippen molar-refractivity contribution in [2.24, 2.45) is 0 Å². The van der Waals surface area contributed by atoms with Crippen LogP contribution < -0.4 is 15.5 Å². The topological polar surface area (TPSA) is 66.5 Å². The van der Waals surface area contributed by atoms with E-state index in [1.165, 1.54) is 12.1 Å². The molecule has 2 N–H and O–H groups in total. The lowest BCUT2D eigenvalue weighted by atomic mass is 9.86. The van der Waals surface area contributed by atoms with Crippen LogP contribution in [0.5, 0.6) is 0 Å². The molecule has 0 saturated carbocycles. The molecule has 10 heteroatoms. The molecule has 1 aromatic carbocycles. The molecule has 0 aliphatic carbocycles. The molecule has 3 heterocycles. The van der Waals surface area contributed by atoms with Crippen molar-refractivity contribution in [2.75, 3.05) is 36.5 Å². The molecule has 0 radical (unpaired) electrons. The van der Waals surface area contributed by atoms with E-state index in [1.54, 1.807) is 19.1 Å². The molecule has 4 rings (SSSR count). The maximum absolute atomic E-state index is 14.4. The van der Waals surface area contributed by atoms with Crippen LogP contribution in [0.25, 0.3) is 0 Å². The minimum Gasteiger partial charge on any atom is -0.378 e. The molecule has 1 atom stereocenters. The van der Waals surface area contributed by atoms with E-state index >= 15 is 0 Å². The van der Waals surface area contributed by atoms with Gasteiger partial charge in [0.25, 0.3) is 0 Å². The Hall–Kier alpha value is -2.33. The van der Waals surface area contributed by atoms with E-state index < -0.39 is 17.7 Å². The van der Waals surface area contributed by atoms with E-state index in [2.05, 4.69) is 15.6 Å². The summed E-state index contributed by atoms with van der Waals surface area (Å²) in [6.45, 7) is 3.84. The highest BCUT2D eigenvalue weighted by Crippen LogP contribution is 2.51. The van der Waals surface area contributed by atoms with E-state index in [-0.39, 0.29) is 16.3 Å². The largest absolute Gasteiger partial charge is 0.421 e. The van der Waals surface area contributed by atoms with E-state index in [1.807, 2.05) is 4.90 Å². The molecule has 144 valence electrons. The summed E-state index contributed by atoms with van der Waals surface area (Å²) in [6.07, 6.45) is -4.75. The van der Waals surface area contributed by atoms with Gasteiger partial charge in [0.1, 0.15) is 0 Å². The van der Waals surface area contributed by atoms with Crippen LogP contribution in [0.2, 0.25) is 0 Å². The van der Waals surface area contributed by atoms with Gasteiger partial charge in [-0.25, -0.2) is 9.78 Å². The van der Waals surface area contributed by atoms with Gasteiger partial charge in [0.2, 0.25) is 5.54 Å². The van der Waals surface area contributed by atoms with Crippen molar-refractivity contribution in [3.8, 4) is 0 Å². The monoisotopic (exact) mass is 398 g/mol. The van der Waals surface area contributed by atoms with Crippen molar-refractivity contribution in [1.29, 1.82) is 0 Å². The van der Waals surface area contributed by atoms with Gasteiger partial charge in [-0.3, -0.25) is 5.32 Å². The number of aromatic nitrogens is 1. The highest BCUT2D eigenvalue weighted by atomic mass is 32.1. The van der Waals surface area contributed by atoms with Crippen LogP contribution in [0.1, 0.15) is 16.0 Å². The molecule has 1 saturated heterocycles. The van der Waals surface area contributed by atoms with Crippen LogP contribution in [0.15, 0.2) is 24.3 Å². The standard InChI is InChI=1S/C17H17F3N4O2S/c1-10-2-4-11(5-3-10)16(17(18,19)20)12-13(21-14(25)23-16)22-15(27-12)24-6-8-26-9-7-24/h2-5H,6-9H2,1H3,(H2,21,23,25). The fourth-order valence-corrected chi connectivity index (χ4v) is 4.54. The Morgan fingerprint density at radius 1 is 1.22 bits per heavy atom. The van der Waals surface area contributed by atoms with Crippen LogP contribution in [0.3, 0.4) is 0 Å². The first kappa shape index (κ1) is 18.1. The van der Waals surface area contributed by atoms with Crippen molar-refractivity contribution >= 4 is 28.3 Å². The number of rotatable bonds is 2. The third-order valence-corrected chi connectivity index (χ3v) is 5.92. The first-order valence-electron chi connectivity index (χ1n) is 8.38. The molecule has 1 unspecified atom stereocenters. The summed E-state index contributed by atoms with van der Waals surface area (Å²) in [5, 5.41) is 4.99. The van der Waals surface area contributed by atoms with Crippen LogP contribution >= 0.6 is 11.3 Å². The normalized spacial score (nSPS) is 22.8. The Morgan fingerprint density at radius 2 is 1.89 bits per heavy atom. The summed E-state index contributed by atoms with van der Waals surface area (Å²) < 4.78 is 48.5. The Bertz CT molecular complexity index is 862. The number of hydrogen-bond acceptors (Lipinski definition) is 5. The van der Waals surface area contributed by atoms with Gasteiger partial charge in [0.15, 0.2) is 10.9 Å². The lowest BCUT2D eigenvalue weighted by Gasteiger charge is -2.39. The lowest BCUT2D eigenvalue weighted by molar-refractivity contribution is -0.183. The van der Waals surface area contributed by atoms with Crippen LogP contribution in [-0.2, 0) is 10.3 Å². The molecule has 2 amide bonds. The number of fused-ring (bicyclic) bond motifs is 1. The van der Waals surface area contributed by atoms with Gasteiger partial charge < -0.3 is 15.0 Å². The number of nitrogens with zero attached hydrogens (tertiary/aromatic N) is 2. The van der Waals surface area contributed by atoms with Gasteiger partial charge >= 0.3 is 12.2 Å². The third kappa shape index (κ3) is 2.92. The first-order valence-corrected chi connectivity index (χ1v) is 9.20. The number of ether oxygens (including phenoxy) is 1. The van der Waals surface area contributed by atoms with Crippen molar-refractivity contribution in [3.63, 3.8) is 0 Å². The van der Waals surface area contributed by atoms with Crippen molar-refractivity contribution in [1.82, 2.24) is 10.3 Å². The van der Waals surface area contributed by atoms with Gasteiger partial charge in [-0.2, -0.15) is 13.2 Å². The molecule has 1 fully saturated rings. The molecule has 0 bridgehead atoms. The summed E-state index contributed by atoms with van der Waals surface area (Å²) >= 11 is 0.939. The molecule has 6 nitrogen and oxygen atoms in total. The van der Waals surface area contributed by atoms with Crippen LogP contribution in [0, 0.1) is 6.92 Å². The van der Waals surface area contributed by atoms with E-state index in [9.17, 15) is 18.0 Å². The number of alkyl halides is 3. The smallest absolute Gasteiger partial charge is 0.378 e. The van der Waals surface area contributed by atoms with E-state index in [0.29, 0.717) is 31.4 Å². The average molecular weight is 398 g/mol. The Kier molecular flexibility index (Phi) is 4.26. The summed E-state index contributed by atoms with van der Waals surface area (Å²) in [5.74, 6) is -0.0526. The second-order valence-corrected chi connectivity index (χ2v) is 7.44. The van der Waals surface area contributed by atoms with Crippen molar-refractivity contribution in [2.45, 2.75) is 18.6 Å². The number of carbonyl (C=O) groups is 1. The number of hydrogen-bond donors (Lipinski definition) is 2. The number of nitrogens with one attached hydrogen (secondary N) is 2. The number of thiazole rings is 1. The van der Waals surface area contributed by atoms with Crippen molar-refractivity contribution < 1.29 is 22.7 Å². The SMILES string of the molecule is Cc1ccc(C2(C(F)(F)F)NC(=O)Nc3nc(N4CCOCC4)sc32)cc1. The Balaban J connectivity index is 1.89. The predicted molar refractivity (Wildman–Crippen MR) is 95.3 cm³/mol. The summed E-state index contributed by atoms with van der Waals surface area (Å²) in [5.41, 5.74) is -1.86. The second-order valence-electron chi connectivity index (χ2n) is 6.47. The second kappa shape index (κ2) is 6.38. The highest BCUT2D eigenvalue weighted by Gasteiger charge is 2.62. The van der Waals surface area contributed by atoms with Crippen LogP contribution in [0.4, 0.5) is 28.9 Å². The number of halogens is 3. The van der Waals surface area contributed by atoms with E-state index in [4.69, 9.17) is 4.74 Å². The van der Waals surface area contributed by atoms with Crippen molar-refractivity contribution in [3.05, 3.63) is 40.3 Å². The zero-order chi connectivity index (χ0) is 19.2. The van der Waals surface area contributed by atoms with Gasteiger partial charge in [-0.05, 0) is 12.5 Å². The molecule has 2 aliphatic heterocycles. The number of carbonyl (C=O) groups excluding carboxylic acids is 1. The summed E-state index contributed by atoms with van der Waals surface area (Å²) in [7, 11) is 0. The zero-order valence-electron chi connectivity index (χ0n) is 14.4. The fourth-order valence-electron chi connectivity index (χ4n) is 3.27. The average Bonchev–Trinajstić information content (AvgIpc) is 3.05. The highest BCUT2D eigenvalue weighted by molar-refractivity contribution is 7.16. The molecule has 1 aromatic heterocycles. The number of morpholine rings is 1. The number of anilines is 2. The number of urea groups is 1. The zero-order valence-corrected chi connectivity index (χ0v) is 15.2. The van der Waals surface area contributed by atoms with Gasteiger partial charge in [0.05, 0.1) is 18.1 Å². The predicted octanol–water partition coefficient (Wildman–Crippen LogP) is 3.23. The molecular formula is C17H17F3N4O2S. The van der Waals surface area contributed by atoms with Gasteiger partial charge in [-0.1, -0.05) is 41.2 Å². The first-order chi connectivity index (χ1) is 12.8. The minimum absolute atomic E-state index is 0.0473. The van der Waals surface area contributed by atoms with Crippen LogP contribution in [-0.4, -0.2) is 43.5 Å². The molecule has 2 aliphatic rings. The Labute approximate surface area is 157 Å². The molecular weight excluding hydrogens is 381 g/mol. The van der Waals surface area contributed by atoms with Gasteiger partial charge in [0, 0.05) is 13.1 Å². The maximum Gasteiger partial charge on any atom is 0.421 e. The Morgan fingerprint density at radius 3 is 2.52 bits per heavy atom. The quantitative estimate of drug-likeness (QED) is 0.815. The number of amides is 2. The summed E-state index contributed by atoms with van der Waals surface area (Å²) in [6, 6.07) is 5.05. The number of benzene rings is 1. The molecule has 27 heavy (non-hydrogen) atoms. The lowest BCUT2D eigenvalue weighted by Crippen LogP contribution is -2.60. The fraction of sp³-hybridized carbons (Fsp3) is 0.412. The third-order valence-electron chi connectivity index (χ3n) is 4.68. The summed E-state index contributed by atoms with van der Waals surface area (Å²) in [4.78, 5) is 18.2. The minimum atomic E-state index is -4.75. The number of aryl methyl sites for hydroxylation is 1. The molecule has 0 spiro atoms. The van der Waals surface area contributed by atoms with Gasteiger partial charge in [-0.15, -0.1) is 0 Å². The maximum atomic E-state index is 14.4. The van der Waals surface area contributed by atoms with E-state index in [0.717, 1.165) is 16.9 Å². The molecule has 2 aromatic rings.